The molecule has 0 aromatic heterocycles. The molecule has 1 fully saturated rings. The smallest absolute Gasteiger partial charge is 0.345 e. The van der Waals surface area contributed by atoms with E-state index in [4.69, 9.17) is 10.6 Å². The number of hydrazine groups is 1. The van der Waals surface area contributed by atoms with E-state index in [0.29, 0.717) is 5.70 Å². The van der Waals surface area contributed by atoms with Gasteiger partial charge in [-0.3, -0.25) is 9.69 Å². The lowest BCUT2D eigenvalue weighted by Gasteiger charge is -2.46. The van der Waals surface area contributed by atoms with Crippen LogP contribution in [0.5, 0.6) is 0 Å². The van der Waals surface area contributed by atoms with Gasteiger partial charge in [-0.2, -0.15) is 0 Å². The normalized spacial score (nSPS) is 21.1. The first-order valence-corrected chi connectivity index (χ1v) is 11.3. The molecule has 0 aliphatic carbocycles. The summed E-state index contributed by atoms with van der Waals surface area (Å²) in [5.41, 5.74) is 2.45. The molecule has 1 aromatic carbocycles. The summed E-state index contributed by atoms with van der Waals surface area (Å²) in [5.74, 6) is 4.23. The zero-order chi connectivity index (χ0) is 25.7. The summed E-state index contributed by atoms with van der Waals surface area (Å²) < 4.78 is 5.69. The van der Waals surface area contributed by atoms with Gasteiger partial charge in [-0.25, -0.2) is 25.3 Å². The van der Waals surface area contributed by atoms with Gasteiger partial charge in [0.25, 0.3) is 5.91 Å². The molecule has 0 spiro atoms. The first-order chi connectivity index (χ1) is 16.6. The predicted octanol–water partition coefficient (Wildman–Crippen LogP) is 2.08. The molecule has 0 radical (unpaired) electrons. The average Bonchev–Trinajstić information content (AvgIpc) is 2.83. The highest BCUT2D eigenvalue weighted by molar-refractivity contribution is 5.96. The second-order valence-electron chi connectivity index (χ2n) is 8.78. The molecular formula is C23H31N7O5. The molecule has 35 heavy (non-hydrogen) atoms. The molecule has 5 amide bonds. The van der Waals surface area contributed by atoms with Crippen molar-refractivity contribution in [2.75, 3.05) is 6.54 Å². The van der Waals surface area contributed by atoms with Gasteiger partial charge in [0.1, 0.15) is 6.23 Å². The van der Waals surface area contributed by atoms with Gasteiger partial charge < -0.3 is 15.4 Å². The maximum absolute atomic E-state index is 13.4. The van der Waals surface area contributed by atoms with Crippen LogP contribution in [0.1, 0.15) is 31.9 Å². The van der Waals surface area contributed by atoms with Crippen molar-refractivity contribution < 1.29 is 19.1 Å². The van der Waals surface area contributed by atoms with Crippen molar-refractivity contribution in [2.45, 2.75) is 52.9 Å². The van der Waals surface area contributed by atoms with Gasteiger partial charge >= 0.3 is 12.1 Å². The summed E-state index contributed by atoms with van der Waals surface area (Å²) in [6.45, 7) is 7.02. The van der Waals surface area contributed by atoms with E-state index in [-0.39, 0.29) is 25.4 Å². The minimum atomic E-state index is -1.02. The number of benzene rings is 1. The van der Waals surface area contributed by atoms with E-state index in [0.717, 1.165) is 21.0 Å². The van der Waals surface area contributed by atoms with Crippen LogP contribution in [0.3, 0.4) is 0 Å². The lowest BCUT2D eigenvalue weighted by atomic mass is 10.1. The lowest BCUT2D eigenvalue weighted by molar-refractivity contribution is -0.121. The van der Waals surface area contributed by atoms with E-state index >= 15 is 0 Å². The van der Waals surface area contributed by atoms with Crippen LogP contribution in [0.2, 0.25) is 0 Å². The van der Waals surface area contributed by atoms with Gasteiger partial charge in [0.2, 0.25) is 6.29 Å². The molecule has 0 bridgehead atoms. The van der Waals surface area contributed by atoms with Crippen LogP contribution < -0.4 is 16.5 Å². The maximum Gasteiger partial charge on any atom is 0.345 e. The molecule has 2 aliphatic heterocycles. The Labute approximate surface area is 203 Å². The lowest BCUT2D eigenvalue weighted by Crippen LogP contribution is -2.72. The van der Waals surface area contributed by atoms with Gasteiger partial charge in [-0.15, -0.1) is 4.91 Å². The van der Waals surface area contributed by atoms with Crippen LogP contribution in [0.15, 0.2) is 53.5 Å². The molecule has 0 saturated carbocycles. The number of nitroso groups, excluding NO2 is 1. The number of allylic oxidation sites excluding steroid dienone is 1. The number of carbonyl (C=O) groups excluding carboxylic acids is 3. The van der Waals surface area contributed by atoms with E-state index in [1.165, 1.54) is 11.8 Å². The van der Waals surface area contributed by atoms with Crippen LogP contribution in [0, 0.1) is 17.7 Å². The number of hydrogen-bond donors (Lipinski definition) is 3. The molecule has 3 atom stereocenters. The number of nitrogens with zero attached hydrogens (tertiary/aromatic N) is 4. The second-order valence-corrected chi connectivity index (χ2v) is 8.78. The van der Waals surface area contributed by atoms with Gasteiger partial charge in [0.15, 0.2) is 0 Å². The van der Waals surface area contributed by atoms with Crippen LogP contribution in [-0.4, -0.2) is 57.9 Å². The molecule has 2 unspecified atom stereocenters. The molecule has 4 N–H and O–H groups in total. The van der Waals surface area contributed by atoms with E-state index in [1.807, 2.05) is 45.0 Å². The number of amides is 5. The summed E-state index contributed by atoms with van der Waals surface area (Å²) >= 11 is 0. The molecule has 2 heterocycles. The SMILES string of the molecule is Cc1ccc(CN2C(=O)N(C[C@H](C)C(=O)N=O)C(=O)N(N)C2NC2=CNC(OC(C)C)C=C2)cc1. The fraction of sp³-hybridized carbons (Fsp3) is 0.435. The van der Waals surface area contributed by atoms with E-state index in [2.05, 4.69) is 15.8 Å². The zero-order valence-corrected chi connectivity index (χ0v) is 20.2. The molecule has 2 aliphatic rings. The second kappa shape index (κ2) is 11.1. The molecule has 12 heteroatoms. The number of nitrogens with one attached hydrogen (secondary N) is 2. The van der Waals surface area contributed by atoms with Crippen molar-refractivity contribution in [2.24, 2.45) is 16.9 Å². The Morgan fingerprint density at radius 2 is 1.89 bits per heavy atom. The summed E-state index contributed by atoms with van der Waals surface area (Å²) in [6.07, 6.45) is 3.92. The highest BCUT2D eigenvalue weighted by Gasteiger charge is 2.44. The van der Waals surface area contributed by atoms with Crippen molar-refractivity contribution >= 4 is 18.0 Å². The molecule has 1 saturated heterocycles. The summed E-state index contributed by atoms with van der Waals surface area (Å²) in [5, 5.41) is 9.47. The average molecular weight is 486 g/mol. The number of carbonyl (C=O) groups is 3. The molecule has 188 valence electrons. The summed E-state index contributed by atoms with van der Waals surface area (Å²) in [4.78, 5) is 51.0. The Bertz CT molecular complexity index is 1020. The fourth-order valence-corrected chi connectivity index (χ4v) is 3.61. The third kappa shape index (κ3) is 6.22. The number of hydrogen-bond acceptors (Lipinski definition) is 8. The summed E-state index contributed by atoms with van der Waals surface area (Å²) in [7, 11) is 0. The van der Waals surface area contributed by atoms with Crippen molar-refractivity contribution in [1.82, 2.24) is 25.4 Å². The molecular weight excluding hydrogens is 454 g/mol. The highest BCUT2D eigenvalue weighted by atomic mass is 16.5. The third-order valence-electron chi connectivity index (χ3n) is 5.50. The van der Waals surface area contributed by atoms with Crippen molar-refractivity contribution in [3.05, 3.63) is 64.3 Å². The first-order valence-electron chi connectivity index (χ1n) is 11.3. The molecule has 1 aromatic rings. The van der Waals surface area contributed by atoms with E-state index in [9.17, 15) is 19.3 Å². The Morgan fingerprint density at radius 3 is 2.46 bits per heavy atom. The van der Waals surface area contributed by atoms with Gasteiger partial charge in [-0.1, -0.05) is 36.8 Å². The highest BCUT2D eigenvalue weighted by Crippen LogP contribution is 2.22. The molecule has 12 nitrogen and oxygen atoms in total. The van der Waals surface area contributed by atoms with Gasteiger partial charge in [0.05, 0.1) is 24.3 Å². The minimum absolute atomic E-state index is 0.0212. The summed E-state index contributed by atoms with van der Waals surface area (Å²) in [6, 6.07) is 6.11. The number of rotatable bonds is 9. The quantitative estimate of drug-likeness (QED) is 0.273. The zero-order valence-electron chi connectivity index (χ0n) is 20.2. The van der Waals surface area contributed by atoms with Crippen molar-refractivity contribution in [3.63, 3.8) is 0 Å². The monoisotopic (exact) mass is 485 g/mol. The number of ether oxygens (including phenoxy) is 1. The number of dihydropyridines is 1. The number of nitrogens with two attached hydrogens (primary N) is 1. The Balaban J connectivity index is 1.85. The van der Waals surface area contributed by atoms with Gasteiger partial charge in [0, 0.05) is 17.9 Å². The van der Waals surface area contributed by atoms with Crippen molar-refractivity contribution in [3.8, 4) is 0 Å². The standard InChI is InChI=1S/C23H31N7O5/c1-14(2)35-19-10-9-18(11-25-19)26-21-28(13-17-7-5-15(3)6-8-17)22(32)29(23(33)30(21)24)12-16(4)20(31)27-34/h5-11,14,16,19,21,25-26H,12-13,24H2,1-4H3/t16-,19?,21?/m0/s1. The first kappa shape index (κ1) is 25.8. The number of urea groups is 2. The number of imide groups is 1. The third-order valence-corrected chi connectivity index (χ3v) is 5.50. The van der Waals surface area contributed by atoms with Crippen LogP contribution in [-0.2, 0) is 16.1 Å². The Morgan fingerprint density at radius 1 is 1.20 bits per heavy atom. The van der Waals surface area contributed by atoms with E-state index in [1.54, 1.807) is 18.4 Å². The minimum Gasteiger partial charge on any atom is -0.361 e. The molecule has 3 rings (SSSR count). The van der Waals surface area contributed by atoms with Crippen molar-refractivity contribution in [1.29, 1.82) is 0 Å². The van der Waals surface area contributed by atoms with Crippen LogP contribution in [0.25, 0.3) is 0 Å². The number of aryl methyl sites for hydroxylation is 1. The van der Waals surface area contributed by atoms with Gasteiger partial charge in [-0.05, 0) is 38.5 Å². The van der Waals surface area contributed by atoms with Crippen LogP contribution >= 0.6 is 0 Å². The Kier molecular flexibility index (Phi) is 8.20. The van der Waals surface area contributed by atoms with E-state index < -0.39 is 30.2 Å². The maximum atomic E-state index is 13.4. The fourth-order valence-electron chi connectivity index (χ4n) is 3.61. The Hall–Kier alpha value is -3.77. The largest absolute Gasteiger partial charge is 0.361 e. The predicted molar refractivity (Wildman–Crippen MR) is 128 cm³/mol. The topological polar surface area (TPSA) is 150 Å². The van der Waals surface area contributed by atoms with Crippen LogP contribution in [0.4, 0.5) is 9.59 Å².